The van der Waals surface area contributed by atoms with Gasteiger partial charge in [-0.2, -0.15) is 15.0 Å². The van der Waals surface area contributed by atoms with Crippen LogP contribution in [-0.4, -0.2) is 41.3 Å². The maximum atomic E-state index is 5.65. The summed E-state index contributed by atoms with van der Waals surface area (Å²) in [5.74, 6) is 1.58. The molecule has 0 atom stereocenters. The van der Waals surface area contributed by atoms with Gasteiger partial charge in [0.25, 0.3) is 0 Å². The van der Waals surface area contributed by atoms with Gasteiger partial charge in [-0.05, 0) is 81.4 Å². The van der Waals surface area contributed by atoms with Crippen molar-refractivity contribution >= 4 is 116 Å². The number of aromatic nitrogens is 7. The zero-order chi connectivity index (χ0) is 50.6. The summed E-state index contributed by atoms with van der Waals surface area (Å²) in [5.41, 5.74) is 9.48. The molecule has 11 aromatic carbocycles. The Balaban J connectivity index is 0.981. The van der Waals surface area contributed by atoms with E-state index in [0.29, 0.717) is 17.8 Å². The molecule has 5 heterocycles. The van der Waals surface area contributed by atoms with E-state index in [1.165, 1.54) is 42.6 Å². The van der Waals surface area contributed by atoms with Crippen molar-refractivity contribution in [2.24, 2.45) is 0 Å². The molecule has 0 radical (unpaired) electrons. The van der Waals surface area contributed by atoms with Crippen LogP contribution in [0.15, 0.2) is 273 Å². The topological polar surface area (TPSA) is 58.4 Å². The van der Waals surface area contributed by atoms with E-state index in [2.05, 4.69) is 291 Å². The predicted molar refractivity (Wildman–Crippen MR) is 321 cm³/mol. The van der Waals surface area contributed by atoms with E-state index >= 15 is 0 Å². The van der Waals surface area contributed by atoms with Crippen LogP contribution in [0.25, 0.3) is 111 Å². The average molecular weight is 1000 g/mol. The summed E-state index contributed by atoms with van der Waals surface area (Å²) >= 11 is 0. The largest absolute Gasteiger partial charge is 0.309 e. The molecule has 0 bridgehead atoms. The van der Waals surface area contributed by atoms with Crippen LogP contribution in [0.5, 0.6) is 0 Å². The second-order valence-corrected chi connectivity index (χ2v) is 23.8. The van der Waals surface area contributed by atoms with Gasteiger partial charge in [0.05, 0.1) is 44.1 Å². The Hall–Kier alpha value is -10.2. The standard InChI is InChI=1S/C69H45N7Si/c1-4-22-47(23-5-1)77(48-24-6-2-7-25-48,49-26-8-3-9-27-49)50-41-43-66-58(45-50)56-33-15-21-39-64(56)76(66)69-71-67(74-61-36-18-12-30-53(61)54-31-13-19-37-62(54)74)70-68(72-69)75-63-38-20-14-32-55(63)57-44-46(40-42-65(57)75)73-59-34-16-10-28-51(59)52-29-11-17-35-60(52)73/h1-45H. The van der Waals surface area contributed by atoms with E-state index in [0.717, 1.165) is 71.1 Å². The highest BCUT2D eigenvalue weighted by Gasteiger charge is 2.41. The molecule has 0 aliphatic heterocycles. The number of fused-ring (bicyclic) bond motifs is 12. The van der Waals surface area contributed by atoms with E-state index in [9.17, 15) is 0 Å². The molecule has 16 rings (SSSR count). The first kappa shape index (κ1) is 43.3. The summed E-state index contributed by atoms with van der Waals surface area (Å²) in [7, 11) is -2.88. The third kappa shape index (κ3) is 6.33. The number of hydrogen-bond donors (Lipinski definition) is 0. The van der Waals surface area contributed by atoms with Crippen molar-refractivity contribution in [3.63, 3.8) is 0 Å². The van der Waals surface area contributed by atoms with Crippen LogP contribution >= 0.6 is 0 Å². The fourth-order valence-corrected chi connectivity index (χ4v) is 17.6. The number of para-hydroxylation sites is 6. The van der Waals surface area contributed by atoms with Crippen LogP contribution in [0.3, 0.4) is 0 Å². The maximum absolute atomic E-state index is 5.65. The van der Waals surface area contributed by atoms with Crippen molar-refractivity contribution in [3.8, 4) is 23.5 Å². The molecule has 0 saturated heterocycles. The van der Waals surface area contributed by atoms with Crippen LogP contribution < -0.4 is 20.7 Å². The lowest BCUT2D eigenvalue weighted by atomic mass is 10.1. The van der Waals surface area contributed by atoms with Crippen LogP contribution in [0.1, 0.15) is 0 Å². The molecule has 0 unspecified atom stereocenters. The smallest absolute Gasteiger partial charge is 0.241 e. The van der Waals surface area contributed by atoms with E-state index in [1.807, 2.05) is 0 Å². The minimum Gasteiger partial charge on any atom is -0.309 e. The van der Waals surface area contributed by atoms with E-state index in [4.69, 9.17) is 15.0 Å². The number of benzene rings is 11. The minimum atomic E-state index is -2.88. The van der Waals surface area contributed by atoms with Crippen molar-refractivity contribution in [1.29, 1.82) is 0 Å². The van der Waals surface area contributed by atoms with Gasteiger partial charge >= 0.3 is 0 Å². The van der Waals surface area contributed by atoms with Gasteiger partial charge in [-0.25, -0.2) is 0 Å². The average Bonchev–Trinajstić information content (AvgIpc) is 4.31. The number of rotatable bonds is 8. The summed E-state index contributed by atoms with van der Waals surface area (Å²) in [6.45, 7) is 0. The van der Waals surface area contributed by atoms with Crippen molar-refractivity contribution in [2.75, 3.05) is 0 Å². The number of nitrogens with zero attached hydrogens (tertiary/aromatic N) is 7. The molecule has 7 nitrogen and oxygen atoms in total. The molecule has 360 valence electrons. The van der Waals surface area contributed by atoms with Gasteiger partial charge in [0.15, 0.2) is 8.07 Å². The van der Waals surface area contributed by atoms with Gasteiger partial charge in [0.2, 0.25) is 17.8 Å². The molecule has 0 saturated carbocycles. The van der Waals surface area contributed by atoms with Crippen LogP contribution in [0.2, 0.25) is 0 Å². The van der Waals surface area contributed by atoms with Crippen LogP contribution in [0.4, 0.5) is 0 Å². The Morgan fingerprint density at radius 3 is 0.844 bits per heavy atom. The fraction of sp³-hybridized carbons (Fsp3) is 0. The first-order chi connectivity index (χ1) is 38.2. The number of hydrogen-bond acceptors (Lipinski definition) is 3. The molecule has 0 aliphatic carbocycles. The monoisotopic (exact) mass is 999 g/mol. The Labute approximate surface area is 443 Å². The Bertz CT molecular complexity index is 4790. The summed E-state index contributed by atoms with van der Waals surface area (Å²) < 4.78 is 9.08. The van der Waals surface area contributed by atoms with E-state index in [-0.39, 0.29) is 0 Å². The van der Waals surface area contributed by atoms with Gasteiger partial charge in [0, 0.05) is 48.8 Å². The summed E-state index contributed by atoms with van der Waals surface area (Å²) in [6, 6.07) is 99.1. The molecule has 0 amide bonds. The van der Waals surface area contributed by atoms with Crippen molar-refractivity contribution in [3.05, 3.63) is 273 Å². The zero-order valence-electron chi connectivity index (χ0n) is 41.6. The van der Waals surface area contributed by atoms with E-state index < -0.39 is 8.07 Å². The predicted octanol–water partition coefficient (Wildman–Crippen LogP) is 13.6. The van der Waals surface area contributed by atoms with Gasteiger partial charge in [-0.3, -0.25) is 13.7 Å². The summed E-state index contributed by atoms with van der Waals surface area (Å²) in [5, 5.41) is 14.5. The van der Waals surface area contributed by atoms with Gasteiger partial charge in [-0.1, -0.05) is 212 Å². The van der Waals surface area contributed by atoms with Gasteiger partial charge in [-0.15, -0.1) is 0 Å². The molecule has 0 spiro atoms. The molecule has 8 heteroatoms. The summed E-state index contributed by atoms with van der Waals surface area (Å²) in [4.78, 5) is 16.8. The molecule has 77 heavy (non-hydrogen) atoms. The van der Waals surface area contributed by atoms with Gasteiger partial charge < -0.3 is 4.57 Å². The molecule has 16 aromatic rings. The van der Waals surface area contributed by atoms with Crippen molar-refractivity contribution in [2.45, 2.75) is 0 Å². The highest BCUT2D eigenvalue weighted by Crippen LogP contribution is 2.39. The van der Waals surface area contributed by atoms with E-state index in [1.54, 1.807) is 0 Å². The molecule has 0 fully saturated rings. The van der Waals surface area contributed by atoms with Gasteiger partial charge in [0.1, 0.15) is 0 Å². The Morgan fingerprint density at radius 2 is 0.481 bits per heavy atom. The first-order valence-corrected chi connectivity index (χ1v) is 28.2. The van der Waals surface area contributed by atoms with Crippen molar-refractivity contribution in [1.82, 2.24) is 33.2 Å². The highest BCUT2D eigenvalue weighted by atomic mass is 28.3. The molecule has 0 aliphatic rings. The lowest BCUT2D eigenvalue weighted by Crippen LogP contribution is -2.74. The SMILES string of the molecule is c1ccc([Si](c2ccccc2)(c2ccccc2)c2ccc3c(c2)c2ccccc2n3-c2nc(-n3c4ccccc4c4ccccc43)nc(-n3c4ccccc4c4cc(-n5c6ccccc6c6ccccc65)ccc43)n2)cc1. The second kappa shape index (κ2) is 16.9. The lowest BCUT2D eigenvalue weighted by Gasteiger charge is -2.34. The lowest BCUT2D eigenvalue weighted by molar-refractivity contribution is 0.848. The maximum Gasteiger partial charge on any atom is 0.241 e. The molecule has 0 N–H and O–H groups in total. The normalized spacial score (nSPS) is 12.2. The first-order valence-electron chi connectivity index (χ1n) is 26.2. The third-order valence-electron chi connectivity index (χ3n) is 16.0. The minimum absolute atomic E-state index is 0.522. The van der Waals surface area contributed by atoms with Crippen LogP contribution in [0, 0.1) is 0 Å². The Morgan fingerprint density at radius 1 is 0.208 bits per heavy atom. The van der Waals surface area contributed by atoms with Crippen LogP contribution in [-0.2, 0) is 0 Å². The third-order valence-corrected chi connectivity index (χ3v) is 20.8. The molecular formula is C69H45N7Si. The summed E-state index contributed by atoms with van der Waals surface area (Å²) in [6.07, 6.45) is 0. The zero-order valence-corrected chi connectivity index (χ0v) is 42.6. The van der Waals surface area contributed by atoms with Crippen molar-refractivity contribution < 1.29 is 0 Å². The fourth-order valence-electron chi connectivity index (χ4n) is 12.8. The molecule has 5 aromatic heterocycles. The highest BCUT2D eigenvalue weighted by molar-refractivity contribution is 7.20. The Kier molecular flexibility index (Phi) is 9.52. The second-order valence-electron chi connectivity index (χ2n) is 20.0. The molecular weight excluding hydrogens is 955 g/mol. The quantitative estimate of drug-likeness (QED) is 0.113.